The van der Waals surface area contributed by atoms with Crippen molar-refractivity contribution < 1.29 is 9.21 Å². The SMILES string of the molecule is CC(NC(=O)c1cn[nH]c1-c1ccc(Cl)cc1)c1ccco1. The Balaban J connectivity index is 1.82. The van der Waals surface area contributed by atoms with E-state index in [9.17, 15) is 4.79 Å². The van der Waals surface area contributed by atoms with Crippen LogP contribution in [0.5, 0.6) is 0 Å². The summed E-state index contributed by atoms with van der Waals surface area (Å²) in [6.45, 7) is 1.86. The minimum atomic E-state index is -0.226. The second-order valence-electron chi connectivity index (χ2n) is 4.88. The quantitative estimate of drug-likeness (QED) is 0.769. The summed E-state index contributed by atoms with van der Waals surface area (Å²) in [7, 11) is 0. The van der Waals surface area contributed by atoms with Gasteiger partial charge in [0, 0.05) is 10.6 Å². The zero-order chi connectivity index (χ0) is 15.5. The summed E-state index contributed by atoms with van der Waals surface area (Å²) in [4.78, 5) is 12.4. The highest BCUT2D eigenvalue weighted by atomic mass is 35.5. The van der Waals surface area contributed by atoms with E-state index in [0.717, 1.165) is 5.56 Å². The Labute approximate surface area is 132 Å². The molecule has 3 rings (SSSR count). The van der Waals surface area contributed by atoms with Crippen LogP contribution in [-0.2, 0) is 0 Å². The fraction of sp³-hybridized carbons (Fsp3) is 0.125. The van der Waals surface area contributed by atoms with Crippen molar-refractivity contribution in [1.82, 2.24) is 15.5 Å². The molecule has 2 aromatic heterocycles. The zero-order valence-corrected chi connectivity index (χ0v) is 12.6. The predicted molar refractivity (Wildman–Crippen MR) is 83.6 cm³/mol. The van der Waals surface area contributed by atoms with Gasteiger partial charge >= 0.3 is 0 Å². The van der Waals surface area contributed by atoms with Crippen molar-refractivity contribution in [2.45, 2.75) is 13.0 Å². The van der Waals surface area contributed by atoms with Gasteiger partial charge in [-0.05, 0) is 31.2 Å². The Morgan fingerprint density at radius 2 is 2.09 bits per heavy atom. The Kier molecular flexibility index (Phi) is 3.98. The number of hydrogen-bond donors (Lipinski definition) is 2. The highest BCUT2D eigenvalue weighted by Gasteiger charge is 2.18. The molecule has 1 amide bonds. The molecule has 0 fully saturated rings. The molecule has 0 bridgehead atoms. The normalized spacial score (nSPS) is 12.1. The van der Waals surface area contributed by atoms with Gasteiger partial charge in [0.2, 0.25) is 0 Å². The highest BCUT2D eigenvalue weighted by Crippen LogP contribution is 2.23. The lowest BCUT2D eigenvalue weighted by Crippen LogP contribution is -2.26. The molecule has 0 saturated heterocycles. The molecule has 3 aromatic rings. The van der Waals surface area contributed by atoms with Crippen molar-refractivity contribution >= 4 is 17.5 Å². The number of nitrogens with zero attached hydrogens (tertiary/aromatic N) is 1. The molecule has 6 heteroatoms. The van der Waals surface area contributed by atoms with E-state index in [1.165, 1.54) is 6.20 Å². The molecular formula is C16H14ClN3O2. The molecule has 0 aliphatic heterocycles. The van der Waals surface area contributed by atoms with Crippen LogP contribution in [0.2, 0.25) is 5.02 Å². The average Bonchev–Trinajstić information content (AvgIpc) is 3.19. The monoisotopic (exact) mass is 315 g/mol. The Bertz CT molecular complexity index is 763. The molecule has 0 spiro atoms. The van der Waals surface area contributed by atoms with Gasteiger partial charge in [-0.3, -0.25) is 9.89 Å². The molecule has 112 valence electrons. The maximum Gasteiger partial charge on any atom is 0.255 e. The maximum absolute atomic E-state index is 12.4. The number of H-pyrrole nitrogens is 1. The van der Waals surface area contributed by atoms with Gasteiger partial charge < -0.3 is 9.73 Å². The van der Waals surface area contributed by atoms with Crippen molar-refractivity contribution in [3.05, 3.63) is 65.2 Å². The van der Waals surface area contributed by atoms with Gasteiger partial charge in [0.25, 0.3) is 5.91 Å². The van der Waals surface area contributed by atoms with Crippen LogP contribution in [0, 0.1) is 0 Å². The summed E-state index contributed by atoms with van der Waals surface area (Å²) in [5, 5.41) is 10.3. The first kappa shape index (κ1) is 14.4. The average molecular weight is 316 g/mol. The third-order valence-electron chi connectivity index (χ3n) is 3.33. The van der Waals surface area contributed by atoms with Crippen molar-refractivity contribution in [1.29, 1.82) is 0 Å². The van der Waals surface area contributed by atoms with Crippen LogP contribution in [0.25, 0.3) is 11.3 Å². The van der Waals surface area contributed by atoms with Gasteiger partial charge in [-0.25, -0.2) is 0 Å². The van der Waals surface area contributed by atoms with E-state index in [-0.39, 0.29) is 11.9 Å². The molecule has 5 nitrogen and oxygen atoms in total. The summed E-state index contributed by atoms with van der Waals surface area (Å²) in [6.07, 6.45) is 3.09. The number of aromatic amines is 1. The van der Waals surface area contributed by atoms with Crippen LogP contribution in [-0.4, -0.2) is 16.1 Å². The van der Waals surface area contributed by atoms with Crippen LogP contribution < -0.4 is 5.32 Å². The van der Waals surface area contributed by atoms with E-state index in [0.29, 0.717) is 22.0 Å². The van der Waals surface area contributed by atoms with Gasteiger partial charge in [-0.15, -0.1) is 0 Å². The van der Waals surface area contributed by atoms with E-state index in [1.807, 2.05) is 25.1 Å². The smallest absolute Gasteiger partial charge is 0.255 e. The van der Waals surface area contributed by atoms with Crippen LogP contribution >= 0.6 is 11.6 Å². The maximum atomic E-state index is 12.4. The summed E-state index contributed by atoms with van der Waals surface area (Å²) in [6, 6.07) is 10.6. The summed E-state index contributed by atoms with van der Waals surface area (Å²) in [5.74, 6) is 0.479. The second-order valence-corrected chi connectivity index (χ2v) is 5.31. The van der Waals surface area contributed by atoms with Crippen molar-refractivity contribution in [2.24, 2.45) is 0 Å². The molecule has 0 saturated carbocycles. The molecular weight excluding hydrogens is 302 g/mol. The number of aromatic nitrogens is 2. The van der Waals surface area contributed by atoms with Gasteiger partial charge in [-0.2, -0.15) is 5.10 Å². The number of nitrogens with one attached hydrogen (secondary N) is 2. The van der Waals surface area contributed by atoms with E-state index in [1.54, 1.807) is 24.5 Å². The highest BCUT2D eigenvalue weighted by molar-refractivity contribution is 6.30. The first-order valence-electron chi connectivity index (χ1n) is 6.78. The molecule has 0 aliphatic rings. The van der Waals surface area contributed by atoms with E-state index in [2.05, 4.69) is 15.5 Å². The number of benzene rings is 1. The number of furan rings is 1. The van der Waals surface area contributed by atoms with Crippen molar-refractivity contribution in [2.75, 3.05) is 0 Å². The standard InChI is InChI=1S/C16H14ClN3O2/c1-10(14-3-2-8-22-14)19-16(21)13-9-18-20-15(13)11-4-6-12(17)7-5-11/h2-10H,1H3,(H,18,20)(H,19,21). The number of carbonyl (C=O) groups is 1. The summed E-state index contributed by atoms with van der Waals surface area (Å²) < 4.78 is 5.29. The lowest BCUT2D eigenvalue weighted by atomic mass is 10.1. The number of halogens is 1. The van der Waals surface area contributed by atoms with Crippen LogP contribution in [0.15, 0.2) is 53.3 Å². The molecule has 0 radical (unpaired) electrons. The predicted octanol–water partition coefficient (Wildman–Crippen LogP) is 3.81. The lowest BCUT2D eigenvalue weighted by molar-refractivity contribution is 0.0936. The number of amides is 1. The van der Waals surface area contributed by atoms with E-state index >= 15 is 0 Å². The second kappa shape index (κ2) is 6.07. The minimum absolute atomic E-state index is 0.220. The lowest BCUT2D eigenvalue weighted by Gasteiger charge is -2.11. The van der Waals surface area contributed by atoms with E-state index in [4.69, 9.17) is 16.0 Å². The fourth-order valence-electron chi connectivity index (χ4n) is 2.18. The first-order valence-corrected chi connectivity index (χ1v) is 7.16. The molecule has 1 aromatic carbocycles. The van der Waals surface area contributed by atoms with Gasteiger partial charge in [0.15, 0.2) is 0 Å². The minimum Gasteiger partial charge on any atom is -0.467 e. The topological polar surface area (TPSA) is 70.9 Å². The third kappa shape index (κ3) is 2.89. The number of hydrogen-bond acceptors (Lipinski definition) is 3. The Hall–Kier alpha value is -2.53. The van der Waals surface area contributed by atoms with Gasteiger partial charge in [-0.1, -0.05) is 23.7 Å². The molecule has 2 heterocycles. The van der Waals surface area contributed by atoms with Crippen molar-refractivity contribution in [3.63, 3.8) is 0 Å². The zero-order valence-electron chi connectivity index (χ0n) is 11.8. The van der Waals surface area contributed by atoms with Gasteiger partial charge in [0.1, 0.15) is 5.76 Å². The number of carbonyl (C=O) groups excluding carboxylic acids is 1. The van der Waals surface area contributed by atoms with Crippen LogP contribution in [0.4, 0.5) is 0 Å². The molecule has 2 N–H and O–H groups in total. The molecule has 1 atom stereocenters. The summed E-state index contributed by atoms with van der Waals surface area (Å²) >= 11 is 5.89. The van der Waals surface area contributed by atoms with Crippen molar-refractivity contribution in [3.8, 4) is 11.3 Å². The Morgan fingerprint density at radius 3 is 2.77 bits per heavy atom. The van der Waals surface area contributed by atoms with Crippen LogP contribution in [0.3, 0.4) is 0 Å². The van der Waals surface area contributed by atoms with Gasteiger partial charge in [0.05, 0.1) is 29.8 Å². The third-order valence-corrected chi connectivity index (χ3v) is 3.59. The summed E-state index contributed by atoms with van der Waals surface area (Å²) in [5.41, 5.74) is 1.97. The fourth-order valence-corrected chi connectivity index (χ4v) is 2.30. The number of rotatable bonds is 4. The molecule has 1 unspecified atom stereocenters. The van der Waals surface area contributed by atoms with Crippen LogP contribution in [0.1, 0.15) is 29.1 Å². The molecule has 22 heavy (non-hydrogen) atoms. The van der Waals surface area contributed by atoms with E-state index < -0.39 is 0 Å². The molecule has 0 aliphatic carbocycles. The largest absolute Gasteiger partial charge is 0.467 e. The first-order chi connectivity index (χ1) is 10.6. The Morgan fingerprint density at radius 1 is 1.32 bits per heavy atom.